The molecular formula is C10H7ClN2S. The Morgan fingerprint density at radius 2 is 1.79 bits per heavy atom. The Bertz CT molecular complexity index is 470. The van der Waals surface area contributed by atoms with Crippen LogP contribution in [-0.2, 0) is 0 Å². The van der Waals surface area contributed by atoms with E-state index in [1.165, 1.54) is 0 Å². The summed E-state index contributed by atoms with van der Waals surface area (Å²) < 4.78 is 0.628. The van der Waals surface area contributed by atoms with Crippen molar-refractivity contribution in [1.29, 1.82) is 0 Å². The number of benzene rings is 1. The molecule has 0 amide bonds. The summed E-state index contributed by atoms with van der Waals surface area (Å²) in [4.78, 5) is 0. The standard InChI is InChI=1S/C10H7ClN2S/c11-8-3-1-7(2-4-8)9-5-6-10(14)13-12-9/h1-6H,(H,13,14). The molecule has 2 rings (SSSR count). The molecule has 0 aliphatic carbocycles. The van der Waals surface area contributed by atoms with Gasteiger partial charge in [0.1, 0.15) is 4.64 Å². The van der Waals surface area contributed by atoms with Gasteiger partial charge in [0.25, 0.3) is 0 Å². The molecule has 2 nitrogen and oxygen atoms in total. The van der Waals surface area contributed by atoms with Crippen LogP contribution < -0.4 is 0 Å². The summed E-state index contributed by atoms with van der Waals surface area (Å²) in [6.07, 6.45) is 0. The molecular weight excluding hydrogens is 216 g/mol. The van der Waals surface area contributed by atoms with Crippen molar-refractivity contribution < 1.29 is 0 Å². The minimum absolute atomic E-state index is 0.628. The number of nitrogens with one attached hydrogen (secondary N) is 1. The zero-order chi connectivity index (χ0) is 9.97. The summed E-state index contributed by atoms with van der Waals surface area (Å²) in [6, 6.07) is 11.2. The average molecular weight is 223 g/mol. The predicted octanol–water partition coefficient (Wildman–Crippen LogP) is 3.46. The van der Waals surface area contributed by atoms with Crippen molar-refractivity contribution in [1.82, 2.24) is 10.2 Å². The van der Waals surface area contributed by atoms with Crippen LogP contribution in [0.2, 0.25) is 5.02 Å². The minimum Gasteiger partial charge on any atom is -0.267 e. The fourth-order valence-corrected chi connectivity index (χ4v) is 1.37. The molecule has 70 valence electrons. The van der Waals surface area contributed by atoms with Crippen molar-refractivity contribution in [2.45, 2.75) is 0 Å². The smallest absolute Gasteiger partial charge is 0.119 e. The lowest BCUT2D eigenvalue weighted by Crippen LogP contribution is -1.86. The molecule has 2 aromatic rings. The highest BCUT2D eigenvalue weighted by molar-refractivity contribution is 7.71. The fourth-order valence-electron chi connectivity index (χ4n) is 1.13. The molecule has 0 atom stereocenters. The van der Waals surface area contributed by atoms with Gasteiger partial charge in [0.05, 0.1) is 5.69 Å². The Morgan fingerprint density at radius 3 is 2.36 bits per heavy atom. The van der Waals surface area contributed by atoms with E-state index in [9.17, 15) is 0 Å². The summed E-state index contributed by atoms with van der Waals surface area (Å²) in [5.41, 5.74) is 1.87. The van der Waals surface area contributed by atoms with Gasteiger partial charge in [-0.2, -0.15) is 5.10 Å². The van der Waals surface area contributed by atoms with Gasteiger partial charge in [-0.15, -0.1) is 0 Å². The van der Waals surface area contributed by atoms with E-state index < -0.39 is 0 Å². The first-order valence-corrected chi connectivity index (χ1v) is 4.86. The molecule has 0 bridgehead atoms. The zero-order valence-corrected chi connectivity index (χ0v) is 8.77. The van der Waals surface area contributed by atoms with Gasteiger partial charge in [0, 0.05) is 10.6 Å². The first-order chi connectivity index (χ1) is 6.75. The molecule has 0 unspecified atom stereocenters. The Balaban J connectivity index is 2.44. The second-order valence-corrected chi connectivity index (χ2v) is 3.69. The highest BCUT2D eigenvalue weighted by atomic mass is 35.5. The van der Waals surface area contributed by atoms with E-state index in [-0.39, 0.29) is 0 Å². The van der Waals surface area contributed by atoms with Gasteiger partial charge in [0.2, 0.25) is 0 Å². The summed E-state index contributed by atoms with van der Waals surface area (Å²) in [7, 11) is 0. The molecule has 0 radical (unpaired) electrons. The third-order valence-corrected chi connectivity index (χ3v) is 2.30. The van der Waals surface area contributed by atoms with Gasteiger partial charge in [-0.05, 0) is 24.3 Å². The highest BCUT2D eigenvalue weighted by Crippen LogP contribution is 2.18. The summed E-state index contributed by atoms with van der Waals surface area (Å²) >= 11 is 10.7. The molecule has 0 saturated heterocycles. The quantitative estimate of drug-likeness (QED) is 0.749. The summed E-state index contributed by atoms with van der Waals surface area (Å²) in [5.74, 6) is 0. The van der Waals surface area contributed by atoms with Crippen LogP contribution in [0.3, 0.4) is 0 Å². The number of nitrogens with zero attached hydrogens (tertiary/aromatic N) is 1. The lowest BCUT2D eigenvalue weighted by molar-refractivity contribution is 1.02. The molecule has 0 spiro atoms. The number of rotatable bonds is 1. The Hall–Kier alpha value is -1.19. The van der Waals surface area contributed by atoms with Crippen LogP contribution in [0.5, 0.6) is 0 Å². The van der Waals surface area contributed by atoms with Crippen LogP contribution in [0.15, 0.2) is 36.4 Å². The topological polar surface area (TPSA) is 28.7 Å². The first-order valence-electron chi connectivity index (χ1n) is 4.07. The van der Waals surface area contributed by atoms with Crippen molar-refractivity contribution >= 4 is 23.8 Å². The molecule has 0 aliphatic heterocycles. The van der Waals surface area contributed by atoms with Gasteiger partial charge in [-0.3, -0.25) is 5.10 Å². The summed E-state index contributed by atoms with van der Waals surface area (Å²) in [5, 5.41) is 7.57. The maximum absolute atomic E-state index is 5.78. The van der Waals surface area contributed by atoms with Gasteiger partial charge >= 0.3 is 0 Å². The van der Waals surface area contributed by atoms with Crippen molar-refractivity contribution in [3.05, 3.63) is 46.1 Å². The molecule has 14 heavy (non-hydrogen) atoms. The zero-order valence-electron chi connectivity index (χ0n) is 7.20. The molecule has 1 aromatic carbocycles. The van der Waals surface area contributed by atoms with E-state index in [4.69, 9.17) is 23.8 Å². The third kappa shape index (κ3) is 2.00. The van der Waals surface area contributed by atoms with E-state index >= 15 is 0 Å². The predicted molar refractivity (Wildman–Crippen MR) is 59.9 cm³/mol. The first kappa shape index (κ1) is 9.37. The fraction of sp³-hybridized carbons (Fsp3) is 0. The van der Waals surface area contributed by atoms with Crippen molar-refractivity contribution in [3.8, 4) is 11.3 Å². The normalized spacial score (nSPS) is 10.1. The third-order valence-electron chi connectivity index (χ3n) is 1.82. The number of H-pyrrole nitrogens is 1. The maximum atomic E-state index is 5.78. The van der Waals surface area contributed by atoms with Crippen molar-refractivity contribution in [2.75, 3.05) is 0 Å². The van der Waals surface area contributed by atoms with E-state index in [1.807, 2.05) is 36.4 Å². The molecule has 4 heteroatoms. The monoisotopic (exact) mass is 222 g/mol. The van der Waals surface area contributed by atoms with Crippen LogP contribution in [0.4, 0.5) is 0 Å². The number of halogens is 1. The van der Waals surface area contributed by atoms with Gasteiger partial charge < -0.3 is 0 Å². The van der Waals surface area contributed by atoms with Crippen LogP contribution in [-0.4, -0.2) is 10.2 Å². The second-order valence-electron chi connectivity index (χ2n) is 2.81. The van der Waals surface area contributed by atoms with Crippen LogP contribution in [0, 0.1) is 4.64 Å². The molecule has 1 N–H and O–H groups in total. The van der Waals surface area contributed by atoms with Crippen molar-refractivity contribution in [3.63, 3.8) is 0 Å². The van der Waals surface area contributed by atoms with E-state index in [0.717, 1.165) is 16.3 Å². The number of hydrogen-bond donors (Lipinski definition) is 1. The van der Waals surface area contributed by atoms with Gasteiger partial charge in [-0.1, -0.05) is 36.0 Å². The minimum atomic E-state index is 0.628. The van der Waals surface area contributed by atoms with E-state index in [0.29, 0.717) is 4.64 Å². The van der Waals surface area contributed by atoms with E-state index in [2.05, 4.69) is 10.2 Å². The summed E-state index contributed by atoms with van der Waals surface area (Å²) in [6.45, 7) is 0. The Kier molecular flexibility index (Phi) is 2.61. The van der Waals surface area contributed by atoms with Crippen LogP contribution >= 0.6 is 23.8 Å². The Labute approximate surface area is 91.6 Å². The number of hydrogen-bond acceptors (Lipinski definition) is 2. The SMILES string of the molecule is S=c1ccc(-c2ccc(Cl)cc2)n[nH]1. The number of aromatic amines is 1. The highest BCUT2D eigenvalue weighted by Gasteiger charge is 1.97. The number of aromatic nitrogens is 2. The molecule has 1 aromatic heterocycles. The second kappa shape index (κ2) is 3.90. The average Bonchev–Trinajstić information content (AvgIpc) is 2.21. The molecule has 0 aliphatic rings. The van der Waals surface area contributed by atoms with Gasteiger partial charge in [-0.25, -0.2) is 0 Å². The van der Waals surface area contributed by atoms with Crippen molar-refractivity contribution in [2.24, 2.45) is 0 Å². The van der Waals surface area contributed by atoms with Gasteiger partial charge in [0.15, 0.2) is 0 Å². The Morgan fingerprint density at radius 1 is 1.07 bits per heavy atom. The maximum Gasteiger partial charge on any atom is 0.119 e. The van der Waals surface area contributed by atoms with Crippen LogP contribution in [0.1, 0.15) is 0 Å². The lowest BCUT2D eigenvalue weighted by atomic mass is 10.1. The van der Waals surface area contributed by atoms with E-state index in [1.54, 1.807) is 0 Å². The van der Waals surface area contributed by atoms with Crippen LogP contribution in [0.25, 0.3) is 11.3 Å². The lowest BCUT2D eigenvalue weighted by Gasteiger charge is -1.99. The molecule has 1 heterocycles. The molecule has 0 fully saturated rings. The largest absolute Gasteiger partial charge is 0.267 e. The molecule has 0 saturated carbocycles.